The molecule has 0 unspecified atom stereocenters. The number of hydrogen-bond donors (Lipinski definition) is 2. The fourth-order valence-corrected chi connectivity index (χ4v) is 1.21. The zero-order chi connectivity index (χ0) is 7.84. The summed E-state index contributed by atoms with van der Waals surface area (Å²) in [5, 5.41) is 9.18. The van der Waals surface area contributed by atoms with Crippen molar-refractivity contribution in [3.8, 4) is 5.75 Å². The van der Waals surface area contributed by atoms with Crippen LogP contribution in [0.5, 0.6) is 5.75 Å². The van der Waals surface area contributed by atoms with Crippen LogP contribution in [0.2, 0.25) is 0 Å². The van der Waals surface area contributed by atoms with Crippen LogP contribution in [0.1, 0.15) is 5.56 Å². The Balaban J connectivity index is 2.91. The highest BCUT2D eigenvalue weighted by Gasteiger charge is 2.00. The minimum atomic E-state index is 0.277. The summed E-state index contributed by atoms with van der Waals surface area (Å²) in [6.45, 7) is 1.92. The van der Waals surface area contributed by atoms with Crippen molar-refractivity contribution in [1.29, 1.82) is 0 Å². The first-order valence-corrected chi connectivity index (χ1v) is 3.40. The molecule has 0 saturated heterocycles. The summed E-state index contributed by atoms with van der Waals surface area (Å²) in [6, 6.07) is 3.36. The average Bonchev–Trinajstić information content (AvgIpc) is 2.34. The van der Waals surface area contributed by atoms with E-state index in [-0.39, 0.29) is 5.75 Å². The number of rotatable bonds is 0. The van der Waals surface area contributed by atoms with E-state index in [9.17, 15) is 5.11 Å². The van der Waals surface area contributed by atoms with Gasteiger partial charge in [0.1, 0.15) is 5.75 Å². The number of aryl methyl sites for hydroxylation is 1. The maximum atomic E-state index is 9.18. The van der Waals surface area contributed by atoms with E-state index in [1.54, 1.807) is 18.5 Å². The average molecular weight is 148 g/mol. The summed E-state index contributed by atoms with van der Waals surface area (Å²) in [7, 11) is 0. The molecule has 0 aliphatic rings. The van der Waals surface area contributed by atoms with E-state index in [1.807, 2.05) is 6.92 Å². The lowest BCUT2D eigenvalue weighted by atomic mass is 10.2. The Bertz CT molecular complexity index is 392. The highest BCUT2D eigenvalue weighted by Crippen LogP contribution is 2.20. The summed E-state index contributed by atoms with van der Waals surface area (Å²) in [4.78, 5) is 7.02. The highest BCUT2D eigenvalue weighted by atomic mass is 16.3. The largest absolute Gasteiger partial charge is 0.508 e. The molecule has 2 aromatic rings. The second-order valence-electron chi connectivity index (χ2n) is 2.56. The number of aromatic amines is 1. The van der Waals surface area contributed by atoms with Crippen molar-refractivity contribution in [1.82, 2.24) is 9.97 Å². The summed E-state index contributed by atoms with van der Waals surface area (Å²) in [5.74, 6) is 0.277. The van der Waals surface area contributed by atoms with Crippen LogP contribution in [0.15, 0.2) is 18.5 Å². The molecule has 11 heavy (non-hydrogen) atoms. The third-order valence-electron chi connectivity index (χ3n) is 1.70. The van der Waals surface area contributed by atoms with E-state index in [0.29, 0.717) is 0 Å². The third kappa shape index (κ3) is 0.852. The van der Waals surface area contributed by atoms with Crippen molar-refractivity contribution < 1.29 is 5.11 Å². The van der Waals surface area contributed by atoms with Gasteiger partial charge in [0.05, 0.1) is 17.4 Å². The zero-order valence-electron chi connectivity index (χ0n) is 6.13. The van der Waals surface area contributed by atoms with Gasteiger partial charge in [-0.3, -0.25) is 0 Å². The number of phenolic OH excluding ortho intramolecular Hbond substituents is 1. The van der Waals surface area contributed by atoms with Crippen molar-refractivity contribution in [2.75, 3.05) is 0 Å². The number of hydrogen-bond acceptors (Lipinski definition) is 2. The highest BCUT2D eigenvalue weighted by molar-refractivity contribution is 5.79. The molecule has 1 aromatic carbocycles. The van der Waals surface area contributed by atoms with Crippen LogP contribution in [-0.4, -0.2) is 15.1 Å². The van der Waals surface area contributed by atoms with Crippen LogP contribution in [0.3, 0.4) is 0 Å². The molecule has 56 valence electrons. The number of aromatic nitrogens is 2. The van der Waals surface area contributed by atoms with Gasteiger partial charge in [0.2, 0.25) is 0 Å². The Hall–Kier alpha value is -1.51. The van der Waals surface area contributed by atoms with E-state index in [0.717, 1.165) is 16.6 Å². The van der Waals surface area contributed by atoms with Crippen molar-refractivity contribution >= 4 is 11.0 Å². The van der Waals surface area contributed by atoms with Gasteiger partial charge in [-0.2, -0.15) is 0 Å². The van der Waals surface area contributed by atoms with Crippen molar-refractivity contribution in [2.24, 2.45) is 0 Å². The molecule has 0 bridgehead atoms. The van der Waals surface area contributed by atoms with Crippen molar-refractivity contribution in [3.63, 3.8) is 0 Å². The number of benzene rings is 1. The van der Waals surface area contributed by atoms with Crippen molar-refractivity contribution in [2.45, 2.75) is 6.92 Å². The second-order valence-corrected chi connectivity index (χ2v) is 2.56. The molecule has 1 aromatic heterocycles. The minimum absolute atomic E-state index is 0.277. The number of nitrogens with one attached hydrogen (secondary N) is 1. The van der Waals surface area contributed by atoms with Crippen LogP contribution < -0.4 is 0 Å². The van der Waals surface area contributed by atoms with Crippen molar-refractivity contribution in [3.05, 3.63) is 24.0 Å². The number of fused-ring (bicyclic) bond motifs is 1. The van der Waals surface area contributed by atoms with E-state index in [1.165, 1.54) is 0 Å². The molecule has 0 fully saturated rings. The summed E-state index contributed by atoms with van der Waals surface area (Å²) in [6.07, 6.45) is 1.62. The zero-order valence-corrected chi connectivity index (χ0v) is 6.13. The monoisotopic (exact) mass is 148 g/mol. The van der Waals surface area contributed by atoms with Crippen LogP contribution in [0, 0.1) is 6.92 Å². The van der Waals surface area contributed by atoms with Gasteiger partial charge in [-0.15, -0.1) is 0 Å². The molecule has 0 spiro atoms. The molecule has 0 atom stereocenters. The Morgan fingerprint density at radius 1 is 1.45 bits per heavy atom. The van der Waals surface area contributed by atoms with Crippen LogP contribution in [0.4, 0.5) is 0 Å². The molecule has 0 aliphatic heterocycles. The Kier molecular flexibility index (Phi) is 1.12. The van der Waals surface area contributed by atoms with E-state index in [4.69, 9.17) is 0 Å². The maximum absolute atomic E-state index is 9.18. The lowest BCUT2D eigenvalue weighted by Gasteiger charge is -1.95. The van der Waals surface area contributed by atoms with Crippen LogP contribution in [-0.2, 0) is 0 Å². The van der Waals surface area contributed by atoms with Crippen LogP contribution in [0.25, 0.3) is 11.0 Å². The van der Waals surface area contributed by atoms with E-state index in [2.05, 4.69) is 9.97 Å². The predicted octanol–water partition coefficient (Wildman–Crippen LogP) is 1.58. The second kappa shape index (κ2) is 1.99. The molecular weight excluding hydrogens is 140 g/mol. The molecule has 2 rings (SSSR count). The predicted molar refractivity (Wildman–Crippen MR) is 42.5 cm³/mol. The minimum Gasteiger partial charge on any atom is -0.508 e. The van der Waals surface area contributed by atoms with Gasteiger partial charge in [-0.1, -0.05) is 0 Å². The van der Waals surface area contributed by atoms with Crippen LogP contribution >= 0.6 is 0 Å². The van der Waals surface area contributed by atoms with E-state index >= 15 is 0 Å². The lowest BCUT2D eigenvalue weighted by Crippen LogP contribution is -1.75. The summed E-state index contributed by atoms with van der Waals surface area (Å²) in [5.41, 5.74) is 2.78. The summed E-state index contributed by atoms with van der Waals surface area (Å²) < 4.78 is 0. The molecule has 1 heterocycles. The Morgan fingerprint density at radius 3 is 3.09 bits per heavy atom. The number of aromatic hydroxyl groups is 1. The molecular formula is C8H8N2O. The van der Waals surface area contributed by atoms with Gasteiger partial charge in [-0.05, 0) is 18.6 Å². The molecule has 0 aliphatic carbocycles. The first kappa shape index (κ1) is 6.22. The Morgan fingerprint density at radius 2 is 2.27 bits per heavy atom. The standard InChI is InChI=1S/C8H8N2O/c1-5-2-6(11)3-7-8(5)10-4-9-7/h2-4,11H,1H3,(H,9,10). The topological polar surface area (TPSA) is 48.9 Å². The first-order valence-electron chi connectivity index (χ1n) is 3.40. The molecule has 3 heteroatoms. The Labute approximate surface area is 63.7 Å². The van der Waals surface area contributed by atoms with Gasteiger partial charge >= 0.3 is 0 Å². The van der Waals surface area contributed by atoms with Gasteiger partial charge in [-0.25, -0.2) is 4.98 Å². The SMILES string of the molecule is Cc1cc(O)cc2[nH]cnc12. The number of nitrogens with zero attached hydrogens (tertiary/aromatic N) is 1. The maximum Gasteiger partial charge on any atom is 0.118 e. The molecule has 0 radical (unpaired) electrons. The molecule has 2 N–H and O–H groups in total. The number of phenols is 1. The van der Waals surface area contributed by atoms with Gasteiger partial charge in [0.15, 0.2) is 0 Å². The molecule has 3 nitrogen and oxygen atoms in total. The van der Waals surface area contributed by atoms with E-state index < -0.39 is 0 Å². The normalized spacial score (nSPS) is 10.6. The quantitative estimate of drug-likeness (QED) is 0.595. The van der Waals surface area contributed by atoms with Gasteiger partial charge < -0.3 is 10.1 Å². The summed E-state index contributed by atoms with van der Waals surface area (Å²) >= 11 is 0. The smallest absolute Gasteiger partial charge is 0.118 e. The molecule has 0 saturated carbocycles. The van der Waals surface area contributed by atoms with Gasteiger partial charge in [0.25, 0.3) is 0 Å². The molecule has 0 amide bonds. The lowest BCUT2D eigenvalue weighted by molar-refractivity contribution is 0.475. The number of H-pyrrole nitrogens is 1. The van der Waals surface area contributed by atoms with Gasteiger partial charge in [0, 0.05) is 6.07 Å². The fraction of sp³-hybridized carbons (Fsp3) is 0.125. The third-order valence-corrected chi connectivity index (χ3v) is 1.70. The fourth-order valence-electron chi connectivity index (χ4n) is 1.21. The first-order chi connectivity index (χ1) is 5.27. The number of imidazole rings is 1.